The van der Waals surface area contributed by atoms with Gasteiger partial charge in [-0.2, -0.15) is 0 Å². The lowest BCUT2D eigenvalue weighted by Crippen LogP contribution is -2.37. The standard InChI is InChI=1S/C14H23NO.ClH/c1-9-6-7-11(8-10(9)2)12(15)13(16)14(3,4)5;/h6-8,12-13,16H,15H2,1-5H3;1H/t12-,13-;/m1./s1. The second-order valence-electron chi connectivity index (χ2n) is 5.68. The first-order valence-electron chi connectivity index (χ1n) is 5.74. The van der Waals surface area contributed by atoms with E-state index in [2.05, 4.69) is 26.0 Å². The van der Waals surface area contributed by atoms with Gasteiger partial charge in [-0.25, -0.2) is 0 Å². The Hall–Kier alpha value is -0.570. The Morgan fingerprint density at radius 2 is 1.65 bits per heavy atom. The Labute approximate surface area is 111 Å². The van der Waals surface area contributed by atoms with Crippen molar-refractivity contribution >= 4 is 12.4 Å². The zero-order valence-corrected chi connectivity index (χ0v) is 12.1. The van der Waals surface area contributed by atoms with Crippen molar-refractivity contribution in [2.45, 2.75) is 46.8 Å². The molecule has 0 saturated heterocycles. The van der Waals surface area contributed by atoms with Gasteiger partial charge in [-0.3, -0.25) is 0 Å². The Balaban J connectivity index is 0.00000256. The molecule has 0 spiro atoms. The van der Waals surface area contributed by atoms with Gasteiger partial charge in [-0.1, -0.05) is 39.0 Å². The van der Waals surface area contributed by atoms with Gasteiger partial charge in [0.2, 0.25) is 0 Å². The van der Waals surface area contributed by atoms with E-state index in [1.807, 2.05) is 26.8 Å². The van der Waals surface area contributed by atoms with Crippen LogP contribution in [0.25, 0.3) is 0 Å². The van der Waals surface area contributed by atoms with Gasteiger partial charge >= 0.3 is 0 Å². The van der Waals surface area contributed by atoms with Gasteiger partial charge in [-0.05, 0) is 36.0 Å². The van der Waals surface area contributed by atoms with Gasteiger partial charge < -0.3 is 10.8 Å². The highest BCUT2D eigenvalue weighted by molar-refractivity contribution is 5.85. The van der Waals surface area contributed by atoms with E-state index in [0.29, 0.717) is 0 Å². The first kappa shape index (κ1) is 16.4. The summed E-state index contributed by atoms with van der Waals surface area (Å²) in [7, 11) is 0. The van der Waals surface area contributed by atoms with Crippen LogP contribution in [0, 0.1) is 19.3 Å². The minimum Gasteiger partial charge on any atom is -0.391 e. The molecule has 0 saturated carbocycles. The largest absolute Gasteiger partial charge is 0.391 e. The number of halogens is 1. The molecule has 3 heteroatoms. The Morgan fingerprint density at radius 3 is 2.06 bits per heavy atom. The summed E-state index contributed by atoms with van der Waals surface area (Å²) in [6.07, 6.45) is -0.533. The second kappa shape index (κ2) is 5.85. The van der Waals surface area contributed by atoms with Crippen LogP contribution in [0.4, 0.5) is 0 Å². The molecule has 0 aliphatic rings. The summed E-state index contributed by atoms with van der Waals surface area (Å²) < 4.78 is 0. The van der Waals surface area contributed by atoms with Crippen molar-refractivity contribution in [2.24, 2.45) is 11.1 Å². The number of aliphatic hydroxyl groups is 1. The minimum atomic E-state index is -0.533. The Morgan fingerprint density at radius 1 is 1.12 bits per heavy atom. The fourth-order valence-corrected chi connectivity index (χ4v) is 1.69. The van der Waals surface area contributed by atoms with E-state index in [1.165, 1.54) is 11.1 Å². The molecule has 0 aliphatic carbocycles. The van der Waals surface area contributed by atoms with Crippen LogP contribution in [0.1, 0.15) is 43.5 Å². The van der Waals surface area contributed by atoms with Crippen molar-refractivity contribution in [3.63, 3.8) is 0 Å². The normalized spacial score (nSPS) is 15.0. The summed E-state index contributed by atoms with van der Waals surface area (Å²) in [6.45, 7) is 10.1. The predicted molar refractivity (Wildman–Crippen MR) is 75.6 cm³/mol. The summed E-state index contributed by atoms with van der Waals surface area (Å²) in [5, 5.41) is 10.1. The summed E-state index contributed by atoms with van der Waals surface area (Å²) >= 11 is 0. The molecule has 1 aromatic carbocycles. The maximum Gasteiger partial charge on any atom is 0.0780 e. The number of benzene rings is 1. The smallest absolute Gasteiger partial charge is 0.0780 e. The quantitative estimate of drug-likeness (QED) is 0.855. The molecular weight excluding hydrogens is 234 g/mol. The second-order valence-corrected chi connectivity index (χ2v) is 5.68. The van der Waals surface area contributed by atoms with E-state index in [1.54, 1.807) is 0 Å². The van der Waals surface area contributed by atoms with E-state index in [0.717, 1.165) is 5.56 Å². The maximum absolute atomic E-state index is 10.1. The summed E-state index contributed by atoms with van der Waals surface area (Å²) in [5.41, 5.74) is 9.37. The van der Waals surface area contributed by atoms with Crippen molar-refractivity contribution in [2.75, 3.05) is 0 Å². The molecule has 0 bridgehead atoms. The van der Waals surface area contributed by atoms with Crippen molar-refractivity contribution in [1.82, 2.24) is 0 Å². The fraction of sp³-hybridized carbons (Fsp3) is 0.571. The van der Waals surface area contributed by atoms with Crippen LogP contribution in [-0.2, 0) is 0 Å². The van der Waals surface area contributed by atoms with E-state index >= 15 is 0 Å². The zero-order chi connectivity index (χ0) is 12.5. The van der Waals surface area contributed by atoms with E-state index in [9.17, 15) is 5.11 Å². The molecule has 0 radical (unpaired) electrons. The average molecular weight is 258 g/mol. The third-order valence-corrected chi connectivity index (χ3v) is 3.14. The van der Waals surface area contributed by atoms with Crippen LogP contribution in [0.3, 0.4) is 0 Å². The SMILES string of the molecule is Cc1ccc([C@@H](N)[C@@H](O)C(C)(C)C)cc1C.Cl. The van der Waals surface area contributed by atoms with E-state index < -0.39 is 6.10 Å². The first-order valence-corrected chi connectivity index (χ1v) is 5.74. The van der Waals surface area contributed by atoms with E-state index in [-0.39, 0.29) is 23.9 Å². The summed E-state index contributed by atoms with van der Waals surface area (Å²) in [6, 6.07) is 5.80. The monoisotopic (exact) mass is 257 g/mol. The van der Waals surface area contributed by atoms with Crippen LogP contribution in [-0.4, -0.2) is 11.2 Å². The summed E-state index contributed by atoms with van der Waals surface area (Å²) in [4.78, 5) is 0. The van der Waals surface area contributed by atoms with Crippen molar-refractivity contribution in [3.05, 3.63) is 34.9 Å². The number of hydrogen-bond acceptors (Lipinski definition) is 2. The fourth-order valence-electron chi connectivity index (χ4n) is 1.69. The van der Waals surface area contributed by atoms with E-state index in [4.69, 9.17) is 5.73 Å². The van der Waals surface area contributed by atoms with Crippen molar-refractivity contribution in [3.8, 4) is 0 Å². The lowest BCUT2D eigenvalue weighted by atomic mass is 9.82. The van der Waals surface area contributed by atoms with Gasteiger partial charge in [-0.15, -0.1) is 12.4 Å². The van der Waals surface area contributed by atoms with Crippen LogP contribution in [0.15, 0.2) is 18.2 Å². The third-order valence-electron chi connectivity index (χ3n) is 3.14. The van der Waals surface area contributed by atoms with Crippen molar-refractivity contribution in [1.29, 1.82) is 0 Å². The van der Waals surface area contributed by atoms with Crippen LogP contribution in [0.2, 0.25) is 0 Å². The number of aryl methyl sites for hydroxylation is 2. The number of aliphatic hydroxyl groups excluding tert-OH is 1. The van der Waals surface area contributed by atoms with Gasteiger partial charge in [0.05, 0.1) is 12.1 Å². The molecule has 98 valence electrons. The predicted octanol–water partition coefficient (Wildman–Crippen LogP) is 3.13. The third kappa shape index (κ3) is 3.98. The van der Waals surface area contributed by atoms with Gasteiger partial charge in [0.25, 0.3) is 0 Å². The molecular formula is C14H24ClNO. The van der Waals surface area contributed by atoms with Crippen LogP contribution >= 0.6 is 12.4 Å². The molecule has 0 aliphatic heterocycles. The molecule has 2 nitrogen and oxygen atoms in total. The summed E-state index contributed by atoms with van der Waals surface area (Å²) in [5.74, 6) is 0. The molecule has 0 amide bonds. The molecule has 0 heterocycles. The molecule has 1 rings (SSSR count). The molecule has 0 unspecified atom stereocenters. The number of hydrogen-bond donors (Lipinski definition) is 2. The minimum absolute atomic E-state index is 0. The van der Waals surface area contributed by atoms with Gasteiger partial charge in [0.1, 0.15) is 0 Å². The first-order chi connectivity index (χ1) is 7.23. The van der Waals surface area contributed by atoms with Gasteiger partial charge in [0, 0.05) is 0 Å². The topological polar surface area (TPSA) is 46.2 Å². The average Bonchev–Trinajstić information content (AvgIpc) is 2.18. The van der Waals surface area contributed by atoms with Crippen molar-refractivity contribution < 1.29 is 5.11 Å². The number of nitrogens with two attached hydrogens (primary N) is 1. The lowest BCUT2D eigenvalue weighted by molar-refractivity contribution is 0.0401. The molecule has 3 N–H and O–H groups in total. The molecule has 0 aromatic heterocycles. The zero-order valence-electron chi connectivity index (χ0n) is 11.3. The highest BCUT2D eigenvalue weighted by atomic mass is 35.5. The Bertz CT molecular complexity index is 371. The molecule has 1 aromatic rings. The Kier molecular flexibility index (Phi) is 5.66. The van der Waals surface area contributed by atoms with Crippen LogP contribution in [0.5, 0.6) is 0 Å². The highest BCUT2D eigenvalue weighted by Gasteiger charge is 2.28. The molecule has 0 fully saturated rings. The molecule has 2 atom stereocenters. The highest BCUT2D eigenvalue weighted by Crippen LogP contribution is 2.29. The molecule has 17 heavy (non-hydrogen) atoms. The van der Waals surface area contributed by atoms with Crippen LogP contribution < -0.4 is 5.73 Å². The number of rotatable bonds is 2. The lowest BCUT2D eigenvalue weighted by Gasteiger charge is -2.31. The van der Waals surface area contributed by atoms with Gasteiger partial charge in [0.15, 0.2) is 0 Å². The maximum atomic E-state index is 10.1.